The number of piperidine rings is 1. The van der Waals surface area contributed by atoms with Crippen LogP contribution in [0.4, 0.5) is 13.2 Å². The number of hydrogen-bond donors (Lipinski definition) is 1. The maximum Gasteiger partial charge on any atom is 0.408 e. The molecule has 1 aromatic carbocycles. The molecule has 0 aliphatic carbocycles. The van der Waals surface area contributed by atoms with E-state index in [0.29, 0.717) is 25.9 Å². The standard InChI is InChI=1S/C13H15Cl2F3N2/c14-9-5-8(6-10(15)7-9)12(13(16,17)18)20-3-1-11(19)2-4-20/h5-7,11-12H,1-4,19H2. The highest BCUT2D eigenvalue weighted by molar-refractivity contribution is 6.34. The minimum absolute atomic E-state index is 0.0249. The zero-order valence-corrected chi connectivity index (χ0v) is 12.1. The second-order valence-electron chi connectivity index (χ2n) is 5.02. The van der Waals surface area contributed by atoms with E-state index in [1.54, 1.807) is 0 Å². The molecule has 0 spiro atoms. The molecular formula is C13H15Cl2F3N2. The molecule has 1 aromatic rings. The highest BCUT2D eigenvalue weighted by Crippen LogP contribution is 2.40. The second-order valence-corrected chi connectivity index (χ2v) is 5.89. The Kier molecular flexibility index (Phi) is 4.84. The zero-order chi connectivity index (χ0) is 14.9. The topological polar surface area (TPSA) is 29.3 Å². The Morgan fingerprint density at radius 1 is 1.10 bits per heavy atom. The van der Waals surface area contributed by atoms with Crippen LogP contribution in [-0.4, -0.2) is 30.2 Å². The van der Waals surface area contributed by atoms with Crippen LogP contribution >= 0.6 is 23.2 Å². The first-order valence-electron chi connectivity index (χ1n) is 6.29. The van der Waals surface area contributed by atoms with Crippen LogP contribution in [0, 0.1) is 0 Å². The molecule has 0 aromatic heterocycles. The molecule has 1 aliphatic heterocycles. The van der Waals surface area contributed by atoms with Crippen molar-refractivity contribution in [1.29, 1.82) is 0 Å². The Bertz CT molecular complexity index is 451. The van der Waals surface area contributed by atoms with E-state index in [4.69, 9.17) is 28.9 Å². The van der Waals surface area contributed by atoms with E-state index >= 15 is 0 Å². The number of hydrogen-bond acceptors (Lipinski definition) is 2. The summed E-state index contributed by atoms with van der Waals surface area (Å²) >= 11 is 11.6. The van der Waals surface area contributed by atoms with Crippen LogP contribution < -0.4 is 5.73 Å². The highest BCUT2D eigenvalue weighted by Gasteiger charge is 2.45. The minimum Gasteiger partial charge on any atom is -0.328 e. The summed E-state index contributed by atoms with van der Waals surface area (Å²) in [5, 5.41) is 0.408. The predicted molar refractivity (Wildman–Crippen MR) is 74.0 cm³/mol. The maximum absolute atomic E-state index is 13.4. The van der Waals surface area contributed by atoms with E-state index in [-0.39, 0.29) is 21.7 Å². The molecule has 1 unspecified atom stereocenters. The molecule has 112 valence electrons. The van der Waals surface area contributed by atoms with Gasteiger partial charge in [-0.2, -0.15) is 13.2 Å². The number of rotatable bonds is 2. The van der Waals surface area contributed by atoms with Crippen molar-refractivity contribution in [1.82, 2.24) is 4.90 Å². The van der Waals surface area contributed by atoms with E-state index in [0.717, 1.165) is 0 Å². The molecule has 1 fully saturated rings. The SMILES string of the molecule is NC1CCN(C(c2cc(Cl)cc(Cl)c2)C(F)(F)F)CC1. The van der Waals surface area contributed by atoms with Gasteiger partial charge < -0.3 is 5.73 Å². The Balaban J connectivity index is 2.32. The van der Waals surface area contributed by atoms with Gasteiger partial charge in [0.15, 0.2) is 0 Å². The van der Waals surface area contributed by atoms with E-state index in [1.807, 2.05) is 0 Å². The largest absolute Gasteiger partial charge is 0.408 e. The summed E-state index contributed by atoms with van der Waals surface area (Å²) in [4.78, 5) is 1.39. The number of alkyl halides is 3. The van der Waals surface area contributed by atoms with Crippen LogP contribution in [0.1, 0.15) is 24.4 Å². The third-order valence-electron chi connectivity index (χ3n) is 3.45. The molecule has 1 aliphatic rings. The molecule has 1 heterocycles. The highest BCUT2D eigenvalue weighted by atomic mass is 35.5. The second kappa shape index (κ2) is 6.10. The van der Waals surface area contributed by atoms with Gasteiger partial charge in [0.25, 0.3) is 0 Å². The van der Waals surface area contributed by atoms with Crippen LogP contribution in [0.5, 0.6) is 0 Å². The van der Waals surface area contributed by atoms with Gasteiger partial charge in [-0.05, 0) is 36.6 Å². The third kappa shape index (κ3) is 3.79. The van der Waals surface area contributed by atoms with Crippen molar-refractivity contribution in [3.63, 3.8) is 0 Å². The Labute approximate surface area is 125 Å². The average molecular weight is 327 g/mol. The van der Waals surface area contributed by atoms with Gasteiger partial charge in [-0.25, -0.2) is 0 Å². The van der Waals surface area contributed by atoms with E-state index in [9.17, 15) is 13.2 Å². The number of halogens is 5. The Morgan fingerprint density at radius 2 is 1.60 bits per heavy atom. The fourth-order valence-corrected chi connectivity index (χ4v) is 3.06. The predicted octanol–water partition coefficient (Wildman–Crippen LogP) is 4.02. The molecule has 0 radical (unpaired) electrons. The first kappa shape index (κ1) is 15.9. The van der Waals surface area contributed by atoms with E-state index in [1.165, 1.54) is 23.1 Å². The van der Waals surface area contributed by atoms with Gasteiger partial charge in [-0.3, -0.25) is 4.90 Å². The minimum atomic E-state index is -4.38. The third-order valence-corrected chi connectivity index (χ3v) is 3.89. The van der Waals surface area contributed by atoms with Crippen molar-refractivity contribution in [2.45, 2.75) is 31.1 Å². The summed E-state index contributed by atoms with van der Waals surface area (Å²) in [5.74, 6) is 0. The molecule has 1 saturated heterocycles. The molecule has 2 rings (SSSR count). The normalized spacial score (nSPS) is 20.1. The lowest BCUT2D eigenvalue weighted by atomic mass is 9.99. The summed E-state index contributed by atoms with van der Waals surface area (Å²) in [6.07, 6.45) is -3.27. The summed E-state index contributed by atoms with van der Waals surface area (Å²) in [6, 6.07) is 2.35. The Hall–Kier alpha value is -0.490. The lowest BCUT2D eigenvalue weighted by Crippen LogP contribution is -2.46. The van der Waals surface area contributed by atoms with Gasteiger partial charge >= 0.3 is 6.18 Å². The van der Waals surface area contributed by atoms with Crippen molar-refractivity contribution in [3.8, 4) is 0 Å². The molecule has 7 heteroatoms. The van der Waals surface area contributed by atoms with Gasteiger partial charge in [0.05, 0.1) is 0 Å². The first-order valence-corrected chi connectivity index (χ1v) is 7.05. The van der Waals surface area contributed by atoms with Crippen LogP contribution in [0.25, 0.3) is 0 Å². The fourth-order valence-electron chi connectivity index (χ4n) is 2.52. The number of nitrogens with two attached hydrogens (primary N) is 1. The van der Waals surface area contributed by atoms with Gasteiger partial charge in [-0.15, -0.1) is 0 Å². The smallest absolute Gasteiger partial charge is 0.328 e. The molecule has 2 N–H and O–H groups in total. The molecule has 0 saturated carbocycles. The fraction of sp³-hybridized carbons (Fsp3) is 0.538. The number of likely N-dealkylation sites (tertiary alicyclic amines) is 1. The van der Waals surface area contributed by atoms with Crippen molar-refractivity contribution >= 4 is 23.2 Å². The van der Waals surface area contributed by atoms with E-state index in [2.05, 4.69) is 0 Å². The van der Waals surface area contributed by atoms with Gasteiger partial charge in [0.1, 0.15) is 6.04 Å². The maximum atomic E-state index is 13.4. The molecule has 0 bridgehead atoms. The molecule has 20 heavy (non-hydrogen) atoms. The van der Waals surface area contributed by atoms with Crippen molar-refractivity contribution < 1.29 is 13.2 Å². The van der Waals surface area contributed by atoms with Crippen LogP contribution in [0.3, 0.4) is 0 Å². The van der Waals surface area contributed by atoms with Gasteiger partial charge in [-0.1, -0.05) is 23.2 Å². The molecular weight excluding hydrogens is 312 g/mol. The summed E-state index contributed by atoms with van der Waals surface area (Å²) in [5.41, 5.74) is 5.82. The molecule has 0 amide bonds. The number of nitrogens with zero attached hydrogens (tertiary/aromatic N) is 1. The van der Waals surface area contributed by atoms with Crippen LogP contribution in [0.15, 0.2) is 18.2 Å². The monoisotopic (exact) mass is 326 g/mol. The average Bonchev–Trinajstić information content (AvgIpc) is 2.29. The number of benzene rings is 1. The van der Waals surface area contributed by atoms with E-state index < -0.39 is 12.2 Å². The summed E-state index contributed by atoms with van der Waals surface area (Å²) in [6.45, 7) is 0.630. The Morgan fingerprint density at radius 3 is 2.05 bits per heavy atom. The van der Waals surface area contributed by atoms with Crippen molar-refractivity contribution in [3.05, 3.63) is 33.8 Å². The summed E-state index contributed by atoms with van der Waals surface area (Å²) < 4.78 is 40.2. The molecule has 1 atom stereocenters. The van der Waals surface area contributed by atoms with Crippen molar-refractivity contribution in [2.75, 3.05) is 13.1 Å². The van der Waals surface area contributed by atoms with Crippen LogP contribution in [0.2, 0.25) is 10.0 Å². The zero-order valence-electron chi connectivity index (χ0n) is 10.6. The van der Waals surface area contributed by atoms with Crippen LogP contribution in [-0.2, 0) is 0 Å². The lowest BCUT2D eigenvalue weighted by molar-refractivity contribution is -0.189. The summed E-state index contributed by atoms with van der Waals surface area (Å²) in [7, 11) is 0. The van der Waals surface area contributed by atoms with Crippen molar-refractivity contribution in [2.24, 2.45) is 5.73 Å². The van der Waals surface area contributed by atoms with Gasteiger partial charge in [0, 0.05) is 29.2 Å². The first-order chi connectivity index (χ1) is 9.27. The quantitative estimate of drug-likeness (QED) is 0.889. The van der Waals surface area contributed by atoms with Gasteiger partial charge in [0.2, 0.25) is 0 Å². The lowest BCUT2D eigenvalue weighted by Gasteiger charge is -2.37. The molecule has 2 nitrogen and oxygen atoms in total.